The van der Waals surface area contributed by atoms with Gasteiger partial charge in [-0.05, 0) is 55.2 Å². The summed E-state index contributed by atoms with van der Waals surface area (Å²) in [5, 5.41) is 17.6. The molecule has 28 heavy (non-hydrogen) atoms. The summed E-state index contributed by atoms with van der Waals surface area (Å²) in [4.78, 5) is 21.4. The molecule has 0 aliphatic rings. The predicted octanol–water partition coefficient (Wildman–Crippen LogP) is 4.16. The Balaban J connectivity index is 0.000000283. The molecule has 2 N–H and O–H groups in total. The zero-order valence-corrected chi connectivity index (χ0v) is 16.8. The van der Waals surface area contributed by atoms with Crippen molar-refractivity contribution in [2.75, 3.05) is 14.2 Å². The molecule has 0 radical (unpaired) electrons. The number of hydrogen-bond donors (Lipinski definition) is 2. The van der Waals surface area contributed by atoms with Gasteiger partial charge in [0.2, 0.25) is 0 Å². The van der Waals surface area contributed by atoms with E-state index in [4.69, 9.17) is 14.6 Å². The molecule has 2 aromatic rings. The van der Waals surface area contributed by atoms with Crippen LogP contribution in [0.5, 0.6) is 11.5 Å². The molecule has 1 unspecified atom stereocenters. The molecule has 6 nitrogen and oxygen atoms in total. The minimum atomic E-state index is -0.813. The van der Waals surface area contributed by atoms with E-state index in [0.717, 1.165) is 22.6 Å². The van der Waals surface area contributed by atoms with Crippen LogP contribution in [0.1, 0.15) is 37.8 Å². The van der Waals surface area contributed by atoms with Crippen molar-refractivity contribution in [3.05, 3.63) is 59.7 Å². The maximum Gasteiger partial charge on any atom is 0.313 e. The van der Waals surface area contributed by atoms with Crippen molar-refractivity contribution >= 4 is 11.9 Å². The quantitative estimate of drug-likeness (QED) is 0.705. The second kappa shape index (κ2) is 11.0. The zero-order chi connectivity index (χ0) is 21.2. The van der Waals surface area contributed by atoms with E-state index in [9.17, 15) is 14.7 Å². The smallest absolute Gasteiger partial charge is 0.313 e. The van der Waals surface area contributed by atoms with Crippen LogP contribution in [-0.4, -0.2) is 36.4 Å². The number of hydrogen-bond acceptors (Lipinski definition) is 4. The van der Waals surface area contributed by atoms with Gasteiger partial charge in [0.05, 0.1) is 19.6 Å². The fraction of sp³-hybridized carbons (Fsp3) is 0.364. The lowest BCUT2D eigenvalue weighted by molar-refractivity contribution is -0.143. The van der Waals surface area contributed by atoms with Gasteiger partial charge in [0, 0.05) is 6.42 Å². The largest absolute Gasteiger partial charge is 0.497 e. The van der Waals surface area contributed by atoms with Crippen LogP contribution in [0.25, 0.3) is 0 Å². The summed E-state index contributed by atoms with van der Waals surface area (Å²) in [5.74, 6) is -0.0346. The Hall–Kier alpha value is -3.02. The van der Waals surface area contributed by atoms with Gasteiger partial charge in [0.15, 0.2) is 0 Å². The standard InChI is InChI=1S/C12H16O3.C10H12O3/c1-4-12(2,11(13)14)9-5-7-10(15-3)8-6-9;1-13-9-5-2-8(3-6-9)4-7-10(11)12/h5-8H,4H2,1-3H3,(H,13,14);2-3,5-6H,4,7H2,1H3,(H,11,12). The van der Waals surface area contributed by atoms with Gasteiger partial charge < -0.3 is 19.7 Å². The third-order valence-electron chi connectivity index (χ3n) is 4.69. The van der Waals surface area contributed by atoms with Crippen molar-refractivity contribution in [3.8, 4) is 11.5 Å². The van der Waals surface area contributed by atoms with Crippen LogP contribution in [0.2, 0.25) is 0 Å². The first-order valence-electron chi connectivity index (χ1n) is 8.99. The molecule has 1 atom stereocenters. The SMILES string of the molecule is CCC(C)(C(=O)O)c1ccc(OC)cc1.COc1ccc(CCC(=O)O)cc1. The first-order valence-corrected chi connectivity index (χ1v) is 8.99. The molecule has 0 spiro atoms. The molecule has 0 aromatic heterocycles. The Morgan fingerprint density at radius 1 is 0.893 bits per heavy atom. The maximum atomic E-state index is 11.2. The van der Waals surface area contributed by atoms with Crippen molar-refractivity contribution in [2.45, 2.75) is 38.5 Å². The average molecular weight is 388 g/mol. The Bertz CT molecular complexity index is 752. The number of aliphatic carboxylic acids is 2. The van der Waals surface area contributed by atoms with Crippen molar-refractivity contribution in [1.82, 2.24) is 0 Å². The second-order valence-electron chi connectivity index (χ2n) is 6.46. The van der Waals surface area contributed by atoms with Gasteiger partial charge in [-0.1, -0.05) is 31.2 Å². The van der Waals surface area contributed by atoms with Gasteiger partial charge in [0.25, 0.3) is 0 Å². The number of methoxy groups -OCH3 is 2. The molecule has 2 rings (SSSR count). The number of ether oxygens (including phenoxy) is 2. The van der Waals surface area contributed by atoms with E-state index in [1.165, 1.54) is 0 Å². The molecule has 0 bridgehead atoms. The number of benzene rings is 2. The monoisotopic (exact) mass is 388 g/mol. The highest BCUT2D eigenvalue weighted by Gasteiger charge is 2.32. The van der Waals surface area contributed by atoms with Crippen molar-refractivity contribution < 1.29 is 29.3 Å². The molecule has 0 amide bonds. The molecule has 0 aliphatic carbocycles. The van der Waals surface area contributed by atoms with Gasteiger partial charge in [0.1, 0.15) is 11.5 Å². The maximum absolute atomic E-state index is 11.2. The molecule has 0 aliphatic heterocycles. The summed E-state index contributed by atoms with van der Waals surface area (Å²) < 4.78 is 10.0. The van der Waals surface area contributed by atoms with Crippen LogP contribution in [-0.2, 0) is 21.4 Å². The van der Waals surface area contributed by atoms with Crippen LogP contribution < -0.4 is 9.47 Å². The van der Waals surface area contributed by atoms with E-state index in [1.807, 2.05) is 31.2 Å². The van der Waals surface area contributed by atoms with Gasteiger partial charge in [-0.25, -0.2) is 0 Å². The first kappa shape index (κ1) is 23.0. The minimum Gasteiger partial charge on any atom is -0.497 e. The molecule has 0 fully saturated rings. The zero-order valence-electron chi connectivity index (χ0n) is 16.8. The first-order chi connectivity index (χ1) is 13.3. The lowest BCUT2D eigenvalue weighted by atomic mass is 9.80. The number of carboxylic acid groups (broad SMARTS) is 2. The van der Waals surface area contributed by atoms with E-state index in [0.29, 0.717) is 12.8 Å². The fourth-order valence-corrected chi connectivity index (χ4v) is 2.48. The van der Waals surface area contributed by atoms with E-state index in [2.05, 4.69) is 0 Å². The number of aryl methyl sites for hydroxylation is 1. The van der Waals surface area contributed by atoms with Gasteiger partial charge in [-0.15, -0.1) is 0 Å². The average Bonchev–Trinajstić information content (AvgIpc) is 2.72. The molecule has 2 aromatic carbocycles. The van der Waals surface area contributed by atoms with Gasteiger partial charge in [-0.2, -0.15) is 0 Å². The van der Waals surface area contributed by atoms with E-state index < -0.39 is 17.4 Å². The fourth-order valence-electron chi connectivity index (χ4n) is 2.48. The summed E-state index contributed by atoms with van der Waals surface area (Å²) in [7, 11) is 3.19. The molecular weight excluding hydrogens is 360 g/mol. The van der Waals surface area contributed by atoms with Gasteiger partial charge in [-0.3, -0.25) is 9.59 Å². The lowest BCUT2D eigenvalue weighted by Crippen LogP contribution is -2.31. The van der Waals surface area contributed by atoms with Crippen LogP contribution in [0, 0.1) is 0 Å². The highest BCUT2D eigenvalue weighted by molar-refractivity contribution is 5.80. The Kier molecular flexibility index (Phi) is 9.02. The molecule has 0 saturated heterocycles. The topological polar surface area (TPSA) is 93.1 Å². The van der Waals surface area contributed by atoms with Crippen LogP contribution in [0.4, 0.5) is 0 Å². The molecule has 0 saturated carbocycles. The lowest BCUT2D eigenvalue weighted by Gasteiger charge is -2.23. The number of rotatable bonds is 8. The summed E-state index contributed by atoms with van der Waals surface area (Å²) in [6.45, 7) is 3.61. The van der Waals surface area contributed by atoms with Crippen molar-refractivity contribution in [3.63, 3.8) is 0 Å². The molecule has 152 valence electrons. The van der Waals surface area contributed by atoms with Crippen LogP contribution >= 0.6 is 0 Å². The van der Waals surface area contributed by atoms with E-state index >= 15 is 0 Å². The minimum absolute atomic E-state index is 0.173. The van der Waals surface area contributed by atoms with Crippen LogP contribution in [0.3, 0.4) is 0 Å². The summed E-state index contributed by atoms with van der Waals surface area (Å²) in [6, 6.07) is 14.6. The van der Waals surface area contributed by atoms with E-state index in [1.54, 1.807) is 45.4 Å². The predicted molar refractivity (Wildman–Crippen MR) is 107 cm³/mol. The highest BCUT2D eigenvalue weighted by atomic mass is 16.5. The normalized spacial score (nSPS) is 12.1. The van der Waals surface area contributed by atoms with Gasteiger partial charge >= 0.3 is 11.9 Å². The summed E-state index contributed by atoms with van der Waals surface area (Å²) >= 11 is 0. The Labute approximate surface area is 165 Å². The van der Waals surface area contributed by atoms with Crippen molar-refractivity contribution in [2.24, 2.45) is 0 Å². The molecular formula is C22H28O6. The molecule has 0 heterocycles. The van der Waals surface area contributed by atoms with Crippen LogP contribution in [0.15, 0.2) is 48.5 Å². The summed E-state index contributed by atoms with van der Waals surface area (Å²) in [6.07, 6.45) is 1.31. The summed E-state index contributed by atoms with van der Waals surface area (Å²) in [5.41, 5.74) is 1.01. The second-order valence-corrected chi connectivity index (χ2v) is 6.46. The number of carbonyl (C=O) groups is 2. The highest BCUT2D eigenvalue weighted by Crippen LogP contribution is 2.29. The third-order valence-corrected chi connectivity index (χ3v) is 4.69. The Morgan fingerprint density at radius 3 is 1.71 bits per heavy atom. The van der Waals surface area contributed by atoms with Crippen molar-refractivity contribution in [1.29, 1.82) is 0 Å². The number of carboxylic acids is 2. The molecule has 6 heteroatoms. The van der Waals surface area contributed by atoms with E-state index in [-0.39, 0.29) is 6.42 Å². The third kappa shape index (κ3) is 6.61. The Morgan fingerprint density at radius 2 is 1.36 bits per heavy atom.